The molecule has 1 aromatic carbocycles. The van der Waals surface area contributed by atoms with Crippen LogP contribution in [0.4, 0.5) is 0 Å². The highest BCUT2D eigenvalue weighted by Crippen LogP contribution is 2.25. The van der Waals surface area contributed by atoms with Gasteiger partial charge in [0.1, 0.15) is 0 Å². The van der Waals surface area contributed by atoms with Crippen LogP contribution in [-0.4, -0.2) is 17.5 Å². The first-order valence-electron chi connectivity index (χ1n) is 3.52. The van der Waals surface area contributed by atoms with Gasteiger partial charge in [0.05, 0.1) is 19.8 Å². The third kappa shape index (κ3) is 2.36. The van der Waals surface area contributed by atoms with Gasteiger partial charge >= 0.3 is 0 Å². The molecule has 0 unspecified atom stereocenters. The highest BCUT2D eigenvalue weighted by Gasteiger charge is 2.06. The molecule has 0 bridgehead atoms. The van der Waals surface area contributed by atoms with Crippen molar-refractivity contribution < 1.29 is 4.21 Å². The maximum absolute atomic E-state index is 11.8. The van der Waals surface area contributed by atoms with Crippen molar-refractivity contribution in [2.45, 2.75) is 4.90 Å². The molecule has 0 heterocycles. The molecular formula is C8H9Cl2NOS. The first-order chi connectivity index (χ1) is 5.97. The highest BCUT2D eigenvalue weighted by atomic mass is 35.5. The molecule has 0 aliphatic heterocycles. The standard InChI is InChI=1S/C8H9Cl2NOS/c1-11-13(2,12)6-3-4-7(9)8(10)5-6/h3-5H,1-2H3/t13-/m0/s1. The Labute approximate surface area is 88.0 Å². The number of halogens is 2. The van der Waals surface area contributed by atoms with E-state index in [0.29, 0.717) is 14.9 Å². The predicted octanol–water partition coefficient (Wildman–Crippen LogP) is 3.08. The van der Waals surface area contributed by atoms with Crippen molar-refractivity contribution >= 4 is 32.9 Å². The molecular weight excluding hydrogens is 229 g/mol. The smallest absolute Gasteiger partial charge is 0.0720 e. The zero-order valence-corrected chi connectivity index (χ0v) is 9.58. The molecule has 5 heteroatoms. The van der Waals surface area contributed by atoms with Crippen molar-refractivity contribution in [2.24, 2.45) is 4.36 Å². The molecule has 0 aromatic heterocycles. The lowest BCUT2D eigenvalue weighted by Gasteiger charge is -2.03. The Morgan fingerprint density at radius 2 is 1.92 bits per heavy atom. The fraction of sp³-hybridized carbons (Fsp3) is 0.250. The van der Waals surface area contributed by atoms with E-state index < -0.39 is 9.73 Å². The molecule has 0 saturated heterocycles. The van der Waals surface area contributed by atoms with Crippen LogP contribution in [0.25, 0.3) is 0 Å². The predicted molar refractivity (Wildman–Crippen MR) is 57.1 cm³/mol. The van der Waals surface area contributed by atoms with Gasteiger partial charge < -0.3 is 0 Å². The van der Waals surface area contributed by atoms with Crippen LogP contribution in [0.5, 0.6) is 0 Å². The molecule has 0 N–H and O–H groups in total. The molecule has 0 aliphatic carbocycles. The molecule has 0 amide bonds. The van der Waals surface area contributed by atoms with Crippen LogP contribution in [-0.2, 0) is 9.73 Å². The molecule has 0 aliphatic rings. The van der Waals surface area contributed by atoms with Gasteiger partial charge in [0.25, 0.3) is 0 Å². The third-order valence-corrected chi connectivity index (χ3v) is 4.24. The van der Waals surface area contributed by atoms with E-state index in [4.69, 9.17) is 23.2 Å². The van der Waals surface area contributed by atoms with Crippen molar-refractivity contribution in [3.8, 4) is 0 Å². The summed E-state index contributed by atoms with van der Waals surface area (Å²) in [6.45, 7) is 0. The molecule has 1 rings (SSSR count). The van der Waals surface area contributed by atoms with Crippen LogP contribution in [0.1, 0.15) is 0 Å². The van der Waals surface area contributed by atoms with Crippen molar-refractivity contribution in [1.82, 2.24) is 0 Å². The summed E-state index contributed by atoms with van der Waals surface area (Å²) in [4.78, 5) is 0.601. The van der Waals surface area contributed by atoms with Gasteiger partial charge in [-0.2, -0.15) is 0 Å². The monoisotopic (exact) mass is 237 g/mol. The highest BCUT2D eigenvalue weighted by molar-refractivity contribution is 7.93. The minimum Gasteiger partial charge on any atom is -0.245 e. The Balaban J connectivity index is 3.36. The molecule has 0 saturated carbocycles. The second kappa shape index (κ2) is 3.86. The van der Waals surface area contributed by atoms with Gasteiger partial charge in [0, 0.05) is 18.2 Å². The van der Waals surface area contributed by atoms with Gasteiger partial charge in [0.2, 0.25) is 0 Å². The Morgan fingerprint density at radius 3 is 2.38 bits per heavy atom. The summed E-state index contributed by atoms with van der Waals surface area (Å²) in [5.74, 6) is 0. The minimum atomic E-state index is -2.31. The maximum atomic E-state index is 11.8. The number of nitrogens with zero attached hydrogens (tertiary/aromatic N) is 1. The molecule has 0 spiro atoms. The van der Waals surface area contributed by atoms with Gasteiger partial charge in [-0.25, -0.2) is 8.57 Å². The number of rotatable bonds is 1. The molecule has 2 nitrogen and oxygen atoms in total. The van der Waals surface area contributed by atoms with E-state index in [-0.39, 0.29) is 0 Å². The van der Waals surface area contributed by atoms with Gasteiger partial charge in [0.15, 0.2) is 0 Å². The lowest BCUT2D eigenvalue weighted by molar-refractivity contribution is 0.680. The summed E-state index contributed by atoms with van der Waals surface area (Å²) < 4.78 is 15.5. The summed E-state index contributed by atoms with van der Waals surface area (Å²) in [5, 5.41) is 0.856. The molecule has 72 valence electrons. The summed E-state index contributed by atoms with van der Waals surface area (Å²) >= 11 is 11.5. The quantitative estimate of drug-likeness (QED) is 0.739. The topological polar surface area (TPSA) is 29.4 Å². The summed E-state index contributed by atoms with van der Waals surface area (Å²) in [6, 6.07) is 4.87. The number of benzene rings is 1. The first-order valence-corrected chi connectivity index (χ1v) is 6.20. The van der Waals surface area contributed by atoms with Crippen LogP contribution in [0.3, 0.4) is 0 Å². The average Bonchev–Trinajstić information content (AvgIpc) is 2.09. The summed E-state index contributed by atoms with van der Waals surface area (Å²) in [6.07, 6.45) is 1.56. The van der Waals surface area contributed by atoms with E-state index >= 15 is 0 Å². The Hall–Kier alpha value is -0.250. The number of hydrogen-bond donors (Lipinski definition) is 0. The Kier molecular flexibility index (Phi) is 3.22. The SMILES string of the molecule is CN=[S@@](C)(=O)c1ccc(Cl)c(Cl)c1. The van der Waals surface area contributed by atoms with Crippen LogP contribution < -0.4 is 0 Å². The van der Waals surface area contributed by atoms with Crippen LogP contribution in [0, 0.1) is 0 Å². The van der Waals surface area contributed by atoms with Crippen molar-refractivity contribution in [2.75, 3.05) is 13.3 Å². The second-order valence-corrected chi connectivity index (χ2v) is 5.82. The maximum Gasteiger partial charge on any atom is 0.0720 e. The Bertz CT molecular complexity index is 436. The van der Waals surface area contributed by atoms with Crippen molar-refractivity contribution in [1.29, 1.82) is 0 Å². The van der Waals surface area contributed by atoms with Crippen LogP contribution in [0.2, 0.25) is 10.0 Å². The van der Waals surface area contributed by atoms with Crippen molar-refractivity contribution in [3.63, 3.8) is 0 Å². The molecule has 0 fully saturated rings. The van der Waals surface area contributed by atoms with E-state index in [1.54, 1.807) is 24.5 Å². The molecule has 0 radical (unpaired) electrons. The zero-order chi connectivity index (χ0) is 10.1. The normalized spacial score (nSPS) is 15.1. The van der Waals surface area contributed by atoms with Gasteiger partial charge in [-0.3, -0.25) is 0 Å². The lowest BCUT2D eigenvalue weighted by Crippen LogP contribution is -1.96. The molecule has 1 atom stereocenters. The van der Waals surface area contributed by atoms with Gasteiger partial charge in [-0.05, 0) is 18.2 Å². The van der Waals surface area contributed by atoms with E-state index in [1.165, 1.54) is 7.05 Å². The van der Waals surface area contributed by atoms with Crippen molar-refractivity contribution in [3.05, 3.63) is 28.2 Å². The van der Waals surface area contributed by atoms with E-state index in [1.807, 2.05) is 0 Å². The summed E-state index contributed by atoms with van der Waals surface area (Å²) in [5.41, 5.74) is 0. The zero-order valence-electron chi connectivity index (χ0n) is 7.25. The van der Waals surface area contributed by atoms with Crippen LogP contribution >= 0.6 is 23.2 Å². The van der Waals surface area contributed by atoms with Gasteiger partial charge in [-0.15, -0.1) is 0 Å². The minimum absolute atomic E-state index is 0.400. The fourth-order valence-electron chi connectivity index (χ4n) is 0.818. The van der Waals surface area contributed by atoms with E-state index in [0.717, 1.165) is 0 Å². The third-order valence-electron chi connectivity index (χ3n) is 1.68. The molecule has 13 heavy (non-hydrogen) atoms. The van der Waals surface area contributed by atoms with E-state index in [2.05, 4.69) is 4.36 Å². The molecule has 1 aromatic rings. The number of hydrogen-bond acceptors (Lipinski definition) is 2. The van der Waals surface area contributed by atoms with Gasteiger partial charge in [-0.1, -0.05) is 23.2 Å². The summed E-state index contributed by atoms with van der Waals surface area (Å²) in [7, 11) is -0.787. The van der Waals surface area contributed by atoms with E-state index in [9.17, 15) is 4.21 Å². The fourth-order valence-corrected chi connectivity index (χ4v) is 2.05. The lowest BCUT2D eigenvalue weighted by atomic mass is 10.4. The largest absolute Gasteiger partial charge is 0.245 e. The first kappa shape index (κ1) is 10.8. The second-order valence-electron chi connectivity index (χ2n) is 2.56. The van der Waals surface area contributed by atoms with Crippen LogP contribution in [0.15, 0.2) is 27.5 Å². The Morgan fingerprint density at radius 1 is 1.31 bits per heavy atom. The average molecular weight is 238 g/mol.